The first-order chi connectivity index (χ1) is 14.5. The molecule has 2 amide bonds. The van der Waals surface area contributed by atoms with E-state index in [4.69, 9.17) is 4.74 Å². The summed E-state index contributed by atoms with van der Waals surface area (Å²) in [4.78, 5) is 26.7. The molecule has 0 saturated carbocycles. The zero-order chi connectivity index (χ0) is 21.3. The van der Waals surface area contributed by atoms with Crippen molar-refractivity contribution in [2.75, 3.05) is 39.4 Å². The number of amides is 2. The molecule has 1 atom stereocenters. The Balaban J connectivity index is 1.53. The van der Waals surface area contributed by atoms with Crippen molar-refractivity contribution in [3.05, 3.63) is 71.3 Å². The summed E-state index contributed by atoms with van der Waals surface area (Å²) < 4.78 is 32.0. The average molecular weight is 417 g/mol. The molecule has 1 fully saturated rings. The number of rotatable bonds is 8. The van der Waals surface area contributed by atoms with E-state index in [1.807, 2.05) is 30.3 Å². The van der Waals surface area contributed by atoms with Crippen LogP contribution in [0.1, 0.15) is 28.4 Å². The van der Waals surface area contributed by atoms with Gasteiger partial charge in [0.25, 0.3) is 5.91 Å². The molecule has 0 bridgehead atoms. The minimum atomic E-state index is -0.938. The molecule has 1 unspecified atom stereocenters. The highest BCUT2D eigenvalue weighted by molar-refractivity contribution is 5.94. The molecule has 0 spiro atoms. The van der Waals surface area contributed by atoms with Crippen LogP contribution in [0.5, 0.6) is 0 Å². The molecule has 2 aromatic carbocycles. The first-order valence-electron chi connectivity index (χ1n) is 9.90. The number of carbonyl (C=O) groups excluding carboxylic acids is 2. The van der Waals surface area contributed by atoms with Gasteiger partial charge in [-0.1, -0.05) is 30.3 Å². The fraction of sp³-hybridized carbons (Fsp3) is 0.364. The Bertz CT molecular complexity index is 858. The number of morpholine rings is 1. The molecule has 1 heterocycles. The molecule has 160 valence electrons. The number of ether oxygens (including phenoxy) is 1. The van der Waals surface area contributed by atoms with Crippen LogP contribution in [0.2, 0.25) is 0 Å². The number of nitrogens with one attached hydrogen (secondary N) is 2. The van der Waals surface area contributed by atoms with Gasteiger partial charge in [-0.25, -0.2) is 8.78 Å². The van der Waals surface area contributed by atoms with Gasteiger partial charge < -0.3 is 15.4 Å². The van der Waals surface area contributed by atoms with E-state index in [1.54, 1.807) is 0 Å². The van der Waals surface area contributed by atoms with Gasteiger partial charge in [0.05, 0.1) is 24.8 Å². The fourth-order valence-electron chi connectivity index (χ4n) is 3.29. The number of carbonyl (C=O) groups is 2. The monoisotopic (exact) mass is 417 g/mol. The summed E-state index contributed by atoms with van der Waals surface area (Å²) in [5, 5.41) is 5.51. The quantitative estimate of drug-likeness (QED) is 0.692. The van der Waals surface area contributed by atoms with Crippen LogP contribution in [0.3, 0.4) is 0 Å². The van der Waals surface area contributed by atoms with Gasteiger partial charge >= 0.3 is 0 Å². The third-order valence-corrected chi connectivity index (χ3v) is 4.90. The van der Waals surface area contributed by atoms with Crippen LogP contribution in [0, 0.1) is 11.6 Å². The molecule has 8 heteroatoms. The highest BCUT2D eigenvalue weighted by atomic mass is 19.1. The molecule has 0 aliphatic carbocycles. The van der Waals surface area contributed by atoms with Crippen molar-refractivity contribution >= 4 is 11.8 Å². The number of nitrogens with zero attached hydrogens (tertiary/aromatic N) is 1. The smallest absolute Gasteiger partial charge is 0.254 e. The summed E-state index contributed by atoms with van der Waals surface area (Å²) in [6.45, 7) is 3.65. The van der Waals surface area contributed by atoms with Gasteiger partial charge in [0.1, 0.15) is 11.6 Å². The molecule has 30 heavy (non-hydrogen) atoms. The van der Waals surface area contributed by atoms with Gasteiger partial charge in [0.15, 0.2) is 0 Å². The molecule has 3 rings (SSSR count). The Hall–Kier alpha value is -2.84. The van der Waals surface area contributed by atoms with E-state index in [9.17, 15) is 18.4 Å². The Labute approximate surface area is 174 Å². The molecule has 0 radical (unpaired) electrons. The summed E-state index contributed by atoms with van der Waals surface area (Å²) in [5.41, 5.74) is 0.737. The van der Waals surface area contributed by atoms with Crippen molar-refractivity contribution in [3.8, 4) is 0 Å². The molecule has 6 nitrogen and oxygen atoms in total. The predicted octanol–water partition coefficient (Wildman–Crippen LogP) is 2.27. The molecular weight excluding hydrogens is 392 g/mol. The van der Waals surface area contributed by atoms with Crippen LogP contribution in [-0.4, -0.2) is 56.1 Å². The standard InChI is InChI=1S/C22H25F2N3O3/c23-17-6-7-18(19(24)14-17)22(29)25-9-8-21(28)26-20(16-4-2-1-3-5-16)15-27-10-12-30-13-11-27/h1-7,14,20H,8-13,15H2,(H,25,29)(H,26,28). The van der Waals surface area contributed by atoms with Gasteiger partial charge in [-0.3, -0.25) is 14.5 Å². The van der Waals surface area contributed by atoms with Crippen LogP contribution in [0.4, 0.5) is 8.78 Å². The maximum atomic E-state index is 13.7. The second-order valence-corrected chi connectivity index (χ2v) is 7.07. The second kappa shape index (κ2) is 10.8. The lowest BCUT2D eigenvalue weighted by Crippen LogP contribution is -2.43. The van der Waals surface area contributed by atoms with Crippen LogP contribution >= 0.6 is 0 Å². The van der Waals surface area contributed by atoms with E-state index < -0.39 is 17.5 Å². The average Bonchev–Trinajstić information content (AvgIpc) is 2.74. The largest absolute Gasteiger partial charge is 0.379 e. The number of hydrogen-bond donors (Lipinski definition) is 2. The Morgan fingerprint density at radius 1 is 1.07 bits per heavy atom. The molecule has 1 aliphatic rings. The lowest BCUT2D eigenvalue weighted by atomic mass is 10.1. The molecule has 0 aromatic heterocycles. The third-order valence-electron chi connectivity index (χ3n) is 4.90. The Morgan fingerprint density at radius 3 is 2.50 bits per heavy atom. The van der Waals surface area contributed by atoms with Crippen molar-refractivity contribution < 1.29 is 23.1 Å². The zero-order valence-electron chi connectivity index (χ0n) is 16.6. The van der Waals surface area contributed by atoms with E-state index in [2.05, 4.69) is 15.5 Å². The summed E-state index contributed by atoms with van der Waals surface area (Å²) in [7, 11) is 0. The lowest BCUT2D eigenvalue weighted by Gasteiger charge is -2.31. The normalized spacial score (nSPS) is 15.4. The van der Waals surface area contributed by atoms with E-state index in [0.29, 0.717) is 25.8 Å². The Morgan fingerprint density at radius 2 is 1.80 bits per heavy atom. The second-order valence-electron chi connectivity index (χ2n) is 7.07. The lowest BCUT2D eigenvalue weighted by molar-refractivity contribution is -0.121. The van der Waals surface area contributed by atoms with E-state index in [0.717, 1.165) is 30.8 Å². The topological polar surface area (TPSA) is 70.7 Å². The summed E-state index contributed by atoms with van der Waals surface area (Å²) in [6.07, 6.45) is 0.0427. The number of benzene rings is 2. The summed E-state index contributed by atoms with van der Waals surface area (Å²) in [5.74, 6) is -2.60. The van der Waals surface area contributed by atoms with Gasteiger partial charge in [-0.2, -0.15) is 0 Å². The predicted molar refractivity (Wildman–Crippen MR) is 108 cm³/mol. The van der Waals surface area contributed by atoms with Crippen molar-refractivity contribution in [3.63, 3.8) is 0 Å². The molecule has 2 N–H and O–H groups in total. The van der Waals surface area contributed by atoms with Crippen molar-refractivity contribution in [2.24, 2.45) is 0 Å². The van der Waals surface area contributed by atoms with E-state index >= 15 is 0 Å². The van der Waals surface area contributed by atoms with Crippen LogP contribution in [-0.2, 0) is 9.53 Å². The molecular formula is C22H25F2N3O3. The first-order valence-corrected chi connectivity index (χ1v) is 9.90. The maximum absolute atomic E-state index is 13.7. The van der Waals surface area contributed by atoms with E-state index in [-0.39, 0.29) is 30.5 Å². The minimum Gasteiger partial charge on any atom is -0.379 e. The van der Waals surface area contributed by atoms with Crippen molar-refractivity contribution in [2.45, 2.75) is 12.5 Å². The highest BCUT2D eigenvalue weighted by Crippen LogP contribution is 2.15. The minimum absolute atomic E-state index is 0.0422. The maximum Gasteiger partial charge on any atom is 0.254 e. The number of halogens is 2. The van der Waals surface area contributed by atoms with Gasteiger partial charge in [-0.05, 0) is 17.7 Å². The summed E-state index contributed by atoms with van der Waals surface area (Å²) >= 11 is 0. The third kappa shape index (κ3) is 6.33. The summed E-state index contributed by atoms with van der Waals surface area (Å²) in [6, 6.07) is 12.2. The van der Waals surface area contributed by atoms with Gasteiger partial charge in [0, 0.05) is 38.7 Å². The highest BCUT2D eigenvalue weighted by Gasteiger charge is 2.20. The van der Waals surface area contributed by atoms with E-state index in [1.165, 1.54) is 0 Å². The van der Waals surface area contributed by atoms with Crippen molar-refractivity contribution in [1.29, 1.82) is 0 Å². The Kier molecular flexibility index (Phi) is 7.87. The fourth-order valence-corrected chi connectivity index (χ4v) is 3.29. The van der Waals surface area contributed by atoms with Gasteiger partial charge in [0.2, 0.25) is 5.91 Å². The SMILES string of the molecule is O=C(CCNC(=O)c1ccc(F)cc1F)NC(CN1CCOCC1)c1ccccc1. The van der Waals surface area contributed by atoms with Crippen LogP contribution < -0.4 is 10.6 Å². The van der Waals surface area contributed by atoms with Crippen LogP contribution in [0.25, 0.3) is 0 Å². The van der Waals surface area contributed by atoms with Gasteiger partial charge in [-0.15, -0.1) is 0 Å². The molecule has 1 saturated heterocycles. The van der Waals surface area contributed by atoms with Crippen LogP contribution in [0.15, 0.2) is 48.5 Å². The first kappa shape index (κ1) is 21.9. The zero-order valence-corrected chi connectivity index (χ0v) is 16.6. The number of hydrogen-bond acceptors (Lipinski definition) is 4. The van der Waals surface area contributed by atoms with Crippen molar-refractivity contribution in [1.82, 2.24) is 15.5 Å². The molecule has 2 aromatic rings. The molecule has 1 aliphatic heterocycles.